The summed E-state index contributed by atoms with van der Waals surface area (Å²) in [6, 6.07) is 0. The fraction of sp³-hybridized carbons (Fsp3) is 0.727. The molecule has 1 atom stereocenters. The van der Waals surface area contributed by atoms with E-state index in [9.17, 15) is 19.5 Å². The Morgan fingerprint density at radius 2 is 1.74 bits per heavy atom. The molecule has 0 bridgehead atoms. The summed E-state index contributed by atoms with van der Waals surface area (Å²) in [7, 11) is 1.00. The molecule has 0 aromatic carbocycles. The molecule has 19 heavy (non-hydrogen) atoms. The van der Waals surface area contributed by atoms with Crippen LogP contribution in [-0.2, 0) is 19.1 Å². The molecule has 0 fully saturated rings. The number of carbonyl (C=O) groups is 3. The van der Waals surface area contributed by atoms with E-state index in [0.29, 0.717) is 0 Å². The van der Waals surface area contributed by atoms with Gasteiger partial charge in [-0.25, -0.2) is 9.59 Å². The molecule has 0 spiro atoms. The van der Waals surface area contributed by atoms with Gasteiger partial charge in [0.2, 0.25) is 5.72 Å². The molecule has 0 saturated carbocycles. The Morgan fingerprint density at radius 3 is 2.11 bits per heavy atom. The fourth-order valence-electron chi connectivity index (χ4n) is 1.14. The van der Waals surface area contributed by atoms with Crippen molar-refractivity contribution in [3.63, 3.8) is 0 Å². The van der Waals surface area contributed by atoms with E-state index in [1.807, 2.05) is 5.32 Å². The summed E-state index contributed by atoms with van der Waals surface area (Å²) in [6.45, 7) is 4.79. The summed E-state index contributed by atoms with van der Waals surface area (Å²) < 4.78 is 9.20. The third-order valence-electron chi connectivity index (χ3n) is 1.93. The van der Waals surface area contributed by atoms with E-state index in [4.69, 9.17) is 9.84 Å². The number of carboxylic acids is 1. The highest BCUT2D eigenvalue weighted by atomic mass is 16.6. The number of hydrogen-bond donors (Lipinski definition) is 3. The van der Waals surface area contributed by atoms with E-state index in [-0.39, 0.29) is 0 Å². The predicted octanol–water partition coefficient (Wildman–Crippen LogP) is 0.237. The standard InChI is InChI=1S/C11H19NO7/c1-10(2,3)19-9(16)12-11(17,8(15)18-4)6-5-7(13)14/h17H,5-6H2,1-4H3,(H,12,16)(H,13,14). The Morgan fingerprint density at radius 1 is 1.21 bits per heavy atom. The van der Waals surface area contributed by atoms with E-state index in [1.165, 1.54) is 0 Å². The van der Waals surface area contributed by atoms with Gasteiger partial charge < -0.3 is 19.7 Å². The van der Waals surface area contributed by atoms with E-state index >= 15 is 0 Å². The Bertz CT molecular complexity index is 361. The molecule has 110 valence electrons. The highest BCUT2D eigenvalue weighted by Crippen LogP contribution is 2.14. The summed E-state index contributed by atoms with van der Waals surface area (Å²) in [5.74, 6) is -2.40. The first-order valence-corrected chi connectivity index (χ1v) is 5.54. The number of nitrogens with one attached hydrogen (secondary N) is 1. The molecule has 0 saturated heterocycles. The van der Waals surface area contributed by atoms with E-state index in [1.54, 1.807) is 20.8 Å². The van der Waals surface area contributed by atoms with E-state index in [2.05, 4.69) is 4.74 Å². The Labute approximate surface area is 110 Å². The maximum Gasteiger partial charge on any atom is 0.410 e. The number of amides is 1. The summed E-state index contributed by atoms with van der Waals surface area (Å²) in [5.41, 5.74) is -3.26. The number of methoxy groups -OCH3 is 1. The molecule has 0 aromatic rings. The van der Waals surface area contributed by atoms with Gasteiger partial charge in [0.15, 0.2) is 0 Å². The van der Waals surface area contributed by atoms with Crippen molar-refractivity contribution in [3.05, 3.63) is 0 Å². The van der Waals surface area contributed by atoms with E-state index < -0.39 is 42.2 Å². The van der Waals surface area contributed by atoms with Gasteiger partial charge in [0.1, 0.15) is 5.60 Å². The monoisotopic (exact) mass is 277 g/mol. The van der Waals surface area contributed by atoms with Crippen LogP contribution in [0.5, 0.6) is 0 Å². The Hall–Kier alpha value is -1.83. The molecule has 8 heteroatoms. The average molecular weight is 277 g/mol. The van der Waals surface area contributed by atoms with Gasteiger partial charge in [-0.1, -0.05) is 0 Å². The van der Waals surface area contributed by atoms with Crippen LogP contribution in [0.4, 0.5) is 4.79 Å². The van der Waals surface area contributed by atoms with Crippen molar-refractivity contribution in [1.82, 2.24) is 5.32 Å². The lowest BCUT2D eigenvalue weighted by atomic mass is 10.1. The topological polar surface area (TPSA) is 122 Å². The summed E-state index contributed by atoms with van der Waals surface area (Å²) >= 11 is 0. The maximum absolute atomic E-state index is 11.5. The molecule has 0 aliphatic heterocycles. The third-order valence-corrected chi connectivity index (χ3v) is 1.93. The number of aliphatic hydroxyl groups is 1. The van der Waals surface area contributed by atoms with Crippen molar-refractivity contribution in [2.45, 2.75) is 44.9 Å². The first-order chi connectivity index (χ1) is 8.50. The molecule has 0 radical (unpaired) electrons. The largest absolute Gasteiger partial charge is 0.481 e. The average Bonchev–Trinajstić information content (AvgIpc) is 2.22. The van der Waals surface area contributed by atoms with Crippen LogP contribution in [0.2, 0.25) is 0 Å². The van der Waals surface area contributed by atoms with Gasteiger partial charge in [0.25, 0.3) is 0 Å². The lowest BCUT2D eigenvalue weighted by molar-refractivity contribution is -0.167. The minimum absolute atomic E-state index is 0.526. The number of esters is 1. The Kier molecular flexibility index (Phi) is 5.76. The first kappa shape index (κ1) is 17.2. The molecule has 0 aliphatic rings. The van der Waals surface area contributed by atoms with Gasteiger partial charge in [0, 0.05) is 6.42 Å². The van der Waals surface area contributed by atoms with Gasteiger partial charge in [-0.3, -0.25) is 10.1 Å². The smallest absolute Gasteiger partial charge is 0.410 e. The molecular formula is C11H19NO7. The predicted molar refractivity (Wildman–Crippen MR) is 63.2 cm³/mol. The minimum atomic E-state index is -2.44. The van der Waals surface area contributed by atoms with Crippen molar-refractivity contribution in [3.8, 4) is 0 Å². The Balaban J connectivity index is 4.81. The molecule has 8 nitrogen and oxygen atoms in total. The lowest BCUT2D eigenvalue weighted by Gasteiger charge is -2.27. The van der Waals surface area contributed by atoms with Gasteiger partial charge >= 0.3 is 18.0 Å². The van der Waals surface area contributed by atoms with Crippen LogP contribution in [0.25, 0.3) is 0 Å². The van der Waals surface area contributed by atoms with Crippen molar-refractivity contribution in [1.29, 1.82) is 0 Å². The third kappa shape index (κ3) is 6.61. The molecule has 0 heterocycles. The number of carboxylic acid groups (broad SMARTS) is 1. The number of aliphatic carboxylic acids is 1. The highest BCUT2D eigenvalue weighted by Gasteiger charge is 2.40. The van der Waals surface area contributed by atoms with Crippen LogP contribution in [0.3, 0.4) is 0 Å². The number of ether oxygens (including phenoxy) is 2. The lowest BCUT2D eigenvalue weighted by Crippen LogP contribution is -2.56. The summed E-state index contributed by atoms with van der Waals surface area (Å²) in [4.78, 5) is 33.4. The maximum atomic E-state index is 11.5. The van der Waals surface area contributed by atoms with Crippen LogP contribution in [-0.4, -0.2) is 46.7 Å². The summed E-state index contributed by atoms with van der Waals surface area (Å²) in [6.07, 6.45) is -2.11. The molecule has 0 aliphatic carbocycles. The van der Waals surface area contributed by atoms with Gasteiger partial charge in [0.05, 0.1) is 13.5 Å². The molecule has 1 unspecified atom stereocenters. The first-order valence-electron chi connectivity index (χ1n) is 5.54. The fourth-order valence-corrected chi connectivity index (χ4v) is 1.14. The molecule has 0 aromatic heterocycles. The van der Waals surface area contributed by atoms with Crippen LogP contribution >= 0.6 is 0 Å². The zero-order valence-corrected chi connectivity index (χ0v) is 11.3. The number of rotatable bonds is 5. The molecule has 0 rings (SSSR count). The van der Waals surface area contributed by atoms with Gasteiger partial charge in [-0.05, 0) is 20.8 Å². The number of carbonyl (C=O) groups excluding carboxylic acids is 2. The van der Waals surface area contributed by atoms with Crippen molar-refractivity contribution in [2.24, 2.45) is 0 Å². The van der Waals surface area contributed by atoms with Crippen LogP contribution in [0, 0.1) is 0 Å². The second-order valence-electron chi connectivity index (χ2n) is 4.87. The van der Waals surface area contributed by atoms with E-state index in [0.717, 1.165) is 7.11 Å². The quantitative estimate of drug-likeness (QED) is 0.486. The molecule has 1 amide bonds. The van der Waals surface area contributed by atoms with Crippen molar-refractivity contribution < 1.29 is 34.1 Å². The van der Waals surface area contributed by atoms with Crippen molar-refractivity contribution in [2.75, 3.05) is 7.11 Å². The zero-order chi connectivity index (χ0) is 15.3. The van der Waals surface area contributed by atoms with Gasteiger partial charge in [-0.15, -0.1) is 0 Å². The summed E-state index contributed by atoms with van der Waals surface area (Å²) in [5, 5.41) is 20.4. The normalized spacial score (nSPS) is 14.2. The number of alkyl carbamates (subject to hydrolysis) is 1. The van der Waals surface area contributed by atoms with Gasteiger partial charge in [-0.2, -0.15) is 0 Å². The van der Waals surface area contributed by atoms with Crippen LogP contribution < -0.4 is 5.32 Å². The molecule has 3 N–H and O–H groups in total. The SMILES string of the molecule is COC(=O)C(O)(CCC(=O)O)NC(=O)OC(C)(C)C. The minimum Gasteiger partial charge on any atom is -0.481 e. The molecular weight excluding hydrogens is 258 g/mol. The van der Waals surface area contributed by atoms with Crippen molar-refractivity contribution >= 4 is 18.0 Å². The zero-order valence-electron chi connectivity index (χ0n) is 11.3. The highest BCUT2D eigenvalue weighted by molar-refractivity contribution is 5.84. The van der Waals surface area contributed by atoms with Crippen LogP contribution in [0.15, 0.2) is 0 Å². The second kappa shape index (κ2) is 6.37. The second-order valence-corrected chi connectivity index (χ2v) is 4.87. The van der Waals surface area contributed by atoms with Crippen LogP contribution in [0.1, 0.15) is 33.6 Å². The number of hydrogen-bond acceptors (Lipinski definition) is 6.